The lowest BCUT2D eigenvalue weighted by Gasteiger charge is -2.17. The molecule has 0 N–H and O–H groups in total. The van der Waals surface area contributed by atoms with Crippen molar-refractivity contribution in [3.8, 4) is 11.5 Å². The van der Waals surface area contributed by atoms with Crippen LogP contribution in [0.15, 0.2) is 54.2 Å². The van der Waals surface area contributed by atoms with Gasteiger partial charge in [0, 0.05) is 18.7 Å². The molecule has 0 saturated carbocycles. The van der Waals surface area contributed by atoms with Crippen molar-refractivity contribution in [1.29, 1.82) is 0 Å². The summed E-state index contributed by atoms with van der Waals surface area (Å²) in [6.07, 6.45) is 4.60. The van der Waals surface area contributed by atoms with E-state index in [0.29, 0.717) is 34.6 Å². The number of halogens is 2. The van der Waals surface area contributed by atoms with E-state index in [1.54, 1.807) is 35.3 Å². The van der Waals surface area contributed by atoms with E-state index in [1.807, 2.05) is 0 Å². The minimum Gasteiger partial charge on any atom is -0.444 e. The fourth-order valence-electron chi connectivity index (χ4n) is 1.85. The number of benzene rings is 1. The van der Waals surface area contributed by atoms with Gasteiger partial charge in [0.1, 0.15) is 6.26 Å². The summed E-state index contributed by atoms with van der Waals surface area (Å²) in [6, 6.07) is 5.00. The van der Waals surface area contributed by atoms with Crippen LogP contribution in [-0.2, 0) is 0 Å². The number of oxazole rings is 1. The molecule has 4 nitrogen and oxygen atoms in total. The molecule has 6 heteroatoms. The summed E-state index contributed by atoms with van der Waals surface area (Å²) in [6.45, 7) is 8.07. The number of hydrogen-bond acceptors (Lipinski definition) is 3. The van der Waals surface area contributed by atoms with Crippen molar-refractivity contribution in [1.82, 2.24) is 9.88 Å². The summed E-state index contributed by atoms with van der Waals surface area (Å²) in [5, 5.41) is 0.835. The standard InChI is InChI=1S/C16H14Cl2N2O2/c1-3-7-20(8-4-2)16(21)14-10-22-15(19-14)11-5-6-12(17)13(18)9-11/h3-6,9-10H,1-2,7-8H2. The predicted molar refractivity (Wildman–Crippen MR) is 88.3 cm³/mol. The number of amides is 1. The largest absolute Gasteiger partial charge is 0.444 e. The average molecular weight is 337 g/mol. The molecule has 0 atom stereocenters. The second-order valence-corrected chi connectivity index (χ2v) is 5.27. The molecule has 1 heterocycles. The smallest absolute Gasteiger partial charge is 0.276 e. The van der Waals surface area contributed by atoms with Crippen molar-refractivity contribution in [2.75, 3.05) is 13.1 Å². The van der Waals surface area contributed by atoms with Crippen molar-refractivity contribution in [3.63, 3.8) is 0 Å². The minimum absolute atomic E-state index is 0.213. The normalized spacial score (nSPS) is 10.3. The molecule has 0 aliphatic heterocycles. The number of carbonyl (C=O) groups excluding carboxylic acids is 1. The number of nitrogens with zero attached hydrogens (tertiary/aromatic N) is 2. The Hall–Kier alpha value is -2.04. The number of carbonyl (C=O) groups is 1. The quantitative estimate of drug-likeness (QED) is 0.731. The van der Waals surface area contributed by atoms with E-state index >= 15 is 0 Å². The molecule has 22 heavy (non-hydrogen) atoms. The van der Waals surface area contributed by atoms with E-state index in [2.05, 4.69) is 18.1 Å². The van der Waals surface area contributed by atoms with Gasteiger partial charge < -0.3 is 9.32 Å². The summed E-state index contributed by atoms with van der Waals surface area (Å²) in [5.74, 6) is 0.0499. The fourth-order valence-corrected chi connectivity index (χ4v) is 2.15. The molecule has 114 valence electrons. The molecule has 2 rings (SSSR count). The Morgan fingerprint density at radius 3 is 2.50 bits per heavy atom. The Bertz CT molecular complexity index is 700. The van der Waals surface area contributed by atoms with Crippen molar-refractivity contribution >= 4 is 29.1 Å². The third-order valence-electron chi connectivity index (χ3n) is 2.88. The molecule has 0 unspecified atom stereocenters. The highest BCUT2D eigenvalue weighted by Crippen LogP contribution is 2.28. The monoisotopic (exact) mass is 336 g/mol. The molecular formula is C16H14Cl2N2O2. The van der Waals surface area contributed by atoms with E-state index in [4.69, 9.17) is 27.6 Å². The maximum atomic E-state index is 12.4. The van der Waals surface area contributed by atoms with Gasteiger partial charge in [0.25, 0.3) is 5.91 Å². The molecule has 1 aromatic carbocycles. The van der Waals surface area contributed by atoms with Crippen molar-refractivity contribution in [3.05, 3.63) is 65.5 Å². The summed E-state index contributed by atoms with van der Waals surface area (Å²) in [5.41, 5.74) is 0.859. The average Bonchev–Trinajstić information content (AvgIpc) is 2.99. The molecule has 1 aromatic heterocycles. The second kappa shape index (κ2) is 7.29. The van der Waals surface area contributed by atoms with Gasteiger partial charge in [-0.15, -0.1) is 13.2 Å². The van der Waals surface area contributed by atoms with E-state index < -0.39 is 0 Å². The number of hydrogen-bond donors (Lipinski definition) is 0. The van der Waals surface area contributed by atoms with Crippen LogP contribution in [0.25, 0.3) is 11.5 Å². The van der Waals surface area contributed by atoms with Crippen LogP contribution in [0, 0.1) is 0 Å². The third kappa shape index (κ3) is 3.59. The lowest BCUT2D eigenvalue weighted by molar-refractivity contribution is 0.0785. The van der Waals surface area contributed by atoms with E-state index in [-0.39, 0.29) is 11.6 Å². The molecule has 0 saturated heterocycles. The van der Waals surface area contributed by atoms with E-state index in [9.17, 15) is 4.79 Å². The Labute approximate surface area is 138 Å². The Morgan fingerprint density at radius 1 is 1.23 bits per heavy atom. The first-order valence-corrected chi connectivity index (χ1v) is 7.24. The molecule has 0 radical (unpaired) electrons. The SMILES string of the molecule is C=CCN(CC=C)C(=O)c1coc(-c2ccc(Cl)c(Cl)c2)n1. The van der Waals surface area contributed by atoms with Gasteiger partial charge in [0.2, 0.25) is 5.89 Å². The van der Waals surface area contributed by atoms with Gasteiger partial charge >= 0.3 is 0 Å². The number of rotatable bonds is 6. The van der Waals surface area contributed by atoms with Gasteiger partial charge in [-0.05, 0) is 18.2 Å². The summed E-state index contributed by atoms with van der Waals surface area (Å²) in [4.78, 5) is 18.1. The van der Waals surface area contributed by atoms with Gasteiger partial charge in [-0.1, -0.05) is 35.4 Å². The van der Waals surface area contributed by atoms with Crippen LogP contribution in [0.2, 0.25) is 10.0 Å². The first kappa shape index (κ1) is 16.3. The predicted octanol–water partition coefficient (Wildman–Crippen LogP) is 4.46. The summed E-state index contributed by atoms with van der Waals surface area (Å²) < 4.78 is 5.36. The van der Waals surface area contributed by atoms with E-state index in [0.717, 1.165) is 0 Å². The van der Waals surface area contributed by atoms with Crippen LogP contribution in [0.5, 0.6) is 0 Å². The first-order chi connectivity index (χ1) is 10.6. The third-order valence-corrected chi connectivity index (χ3v) is 3.62. The van der Waals surface area contributed by atoms with Gasteiger partial charge in [-0.2, -0.15) is 0 Å². The highest BCUT2D eigenvalue weighted by atomic mass is 35.5. The zero-order valence-electron chi connectivity index (χ0n) is 11.8. The van der Waals surface area contributed by atoms with Crippen molar-refractivity contribution in [2.45, 2.75) is 0 Å². The van der Waals surface area contributed by atoms with Crippen LogP contribution < -0.4 is 0 Å². The Balaban J connectivity index is 2.26. The lowest BCUT2D eigenvalue weighted by Crippen LogP contribution is -2.31. The zero-order chi connectivity index (χ0) is 16.1. The van der Waals surface area contributed by atoms with Crippen molar-refractivity contribution in [2.24, 2.45) is 0 Å². The first-order valence-electron chi connectivity index (χ1n) is 6.48. The Morgan fingerprint density at radius 2 is 1.91 bits per heavy atom. The van der Waals surface area contributed by atoms with Gasteiger partial charge in [-0.25, -0.2) is 4.98 Å². The lowest BCUT2D eigenvalue weighted by atomic mass is 10.2. The van der Waals surface area contributed by atoms with Crippen LogP contribution in [0.3, 0.4) is 0 Å². The molecule has 0 bridgehead atoms. The molecule has 0 spiro atoms. The second-order valence-electron chi connectivity index (χ2n) is 4.45. The molecule has 2 aromatic rings. The van der Waals surface area contributed by atoms with Crippen LogP contribution in [-0.4, -0.2) is 28.9 Å². The van der Waals surface area contributed by atoms with Crippen LogP contribution >= 0.6 is 23.2 Å². The van der Waals surface area contributed by atoms with Gasteiger partial charge in [-0.3, -0.25) is 4.79 Å². The van der Waals surface area contributed by atoms with Gasteiger partial charge in [0.05, 0.1) is 10.0 Å². The Kier molecular flexibility index (Phi) is 5.41. The molecule has 1 amide bonds. The maximum Gasteiger partial charge on any atom is 0.276 e. The highest BCUT2D eigenvalue weighted by Gasteiger charge is 2.18. The van der Waals surface area contributed by atoms with Crippen LogP contribution in [0.4, 0.5) is 0 Å². The zero-order valence-corrected chi connectivity index (χ0v) is 13.3. The maximum absolute atomic E-state index is 12.4. The minimum atomic E-state index is -0.255. The number of aromatic nitrogens is 1. The topological polar surface area (TPSA) is 46.3 Å². The molecule has 0 aliphatic rings. The van der Waals surface area contributed by atoms with Crippen LogP contribution in [0.1, 0.15) is 10.5 Å². The van der Waals surface area contributed by atoms with Gasteiger partial charge in [0.15, 0.2) is 5.69 Å². The molecule has 0 fully saturated rings. The fraction of sp³-hybridized carbons (Fsp3) is 0.125. The molecular weight excluding hydrogens is 323 g/mol. The molecule has 0 aliphatic carbocycles. The summed E-state index contributed by atoms with van der Waals surface area (Å²) in [7, 11) is 0. The van der Waals surface area contributed by atoms with E-state index in [1.165, 1.54) is 6.26 Å². The summed E-state index contributed by atoms with van der Waals surface area (Å²) >= 11 is 11.8. The highest BCUT2D eigenvalue weighted by molar-refractivity contribution is 6.42. The van der Waals surface area contributed by atoms with Crippen molar-refractivity contribution < 1.29 is 9.21 Å².